The number of carbonyl (C=O) groups is 1. The number of aromatic nitrogens is 5. The minimum atomic E-state index is -0.528. The molecule has 35 heavy (non-hydrogen) atoms. The molecule has 0 aliphatic rings. The van der Waals surface area contributed by atoms with E-state index in [4.69, 9.17) is 15.2 Å². The van der Waals surface area contributed by atoms with Crippen LogP contribution in [-0.2, 0) is 13.0 Å². The van der Waals surface area contributed by atoms with Crippen molar-refractivity contribution in [1.29, 1.82) is 0 Å². The van der Waals surface area contributed by atoms with Gasteiger partial charge in [-0.05, 0) is 46.1 Å². The van der Waals surface area contributed by atoms with Crippen molar-refractivity contribution in [2.75, 3.05) is 12.8 Å². The number of benzene rings is 2. The smallest absolute Gasteiger partial charge is 0.293 e. The quantitative estimate of drug-likeness (QED) is 0.259. The van der Waals surface area contributed by atoms with Crippen LogP contribution in [0.3, 0.4) is 0 Å². The van der Waals surface area contributed by atoms with Gasteiger partial charge in [-0.1, -0.05) is 48.9 Å². The number of nitrogens with one attached hydrogen (secondary N) is 1. The summed E-state index contributed by atoms with van der Waals surface area (Å²) >= 11 is 0. The van der Waals surface area contributed by atoms with Gasteiger partial charge in [-0.15, -0.1) is 5.10 Å². The number of nitrogens with two attached hydrogens (primary N) is 1. The summed E-state index contributed by atoms with van der Waals surface area (Å²) in [6.07, 6.45) is 2.74. The van der Waals surface area contributed by atoms with E-state index in [1.165, 1.54) is 10.9 Å². The lowest BCUT2D eigenvalue weighted by Crippen LogP contribution is -2.20. The highest BCUT2D eigenvalue weighted by Crippen LogP contribution is 2.28. The molecule has 12 heteroatoms. The summed E-state index contributed by atoms with van der Waals surface area (Å²) in [5, 5.41) is 19.3. The number of nitrogens with zero attached hydrogens (tertiary/aromatic N) is 6. The van der Waals surface area contributed by atoms with Gasteiger partial charge in [0.2, 0.25) is 11.6 Å². The number of rotatable bonds is 10. The first-order valence-electron chi connectivity index (χ1n) is 10.8. The second-order valence-corrected chi connectivity index (χ2v) is 7.40. The molecule has 2 aromatic heterocycles. The van der Waals surface area contributed by atoms with Crippen molar-refractivity contribution in [3.63, 3.8) is 0 Å². The number of hydrogen-bond donors (Lipinski definition) is 2. The Kier molecular flexibility index (Phi) is 7.31. The molecule has 3 N–H and O–H groups in total. The summed E-state index contributed by atoms with van der Waals surface area (Å²) < 4.78 is 17.3. The molecule has 0 saturated heterocycles. The normalized spacial score (nSPS) is 11.0. The van der Waals surface area contributed by atoms with E-state index < -0.39 is 5.91 Å². The highest BCUT2D eigenvalue weighted by atomic mass is 16.6. The Bertz CT molecular complexity index is 1320. The lowest BCUT2D eigenvalue weighted by Gasteiger charge is -2.11. The molecule has 0 unspecified atom stereocenters. The number of nitrogen functional groups attached to an aromatic ring is 1. The van der Waals surface area contributed by atoms with E-state index in [0.29, 0.717) is 35.8 Å². The van der Waals surface area contributed by atoms with E-state index in [-0.39, 0.29) is 17.3 Å². The second-order valence-electron chi connectivity index (χ2n) is 7.40. The van der Waals surface area contributed by atoms with Gasteiger partial charge in [0.1, 0.15) is 6.61 Å². The molecule has 0 saturated carbocycles. The maximum Gasteiger partial charge on any atom is 0.293 e. The molecular formula is C23H24N8O4. The largest absolute Gasteiger partial charge is 0.493 e. The third kappa shape index (κ3) is 5.43. The molecule has 2 aromatic carbocycles. The molecule has 0 spiro atoms. The van der Waals surface area contributed by atoms with E-state index in [2.05, 4.69) is 35.8 Å². The number of carbonyl (C=O) groups excluding carboxylic acids is 1. The van der Waals surface area contributed by atoms with Crippen LogP contribution in [0.1, 0.15) is 40.7 Å². The Balaban J connectivity index is 1.47. The van der Waals surface area contributed by atoms with Crippen molar-refractivity contribution in [1.82, 2.24) is 30.7 Å². The van der Waals surface area contributed by atoms with Crippen molar-refractivity contribution in [2.24, 2.45) is 5.10 Å². The maximum atomic E-state index is 12.7. The second kappa shape index (κ2) is 10.9. The lowest BCUT2D eigenvalue weighted by atomic mass is 10.2. The number of hydrazone groups is 1. The lowest BCUT2D eigenvalue weighted by molar-refractivity contribution is 0.0949. The monoisotopic (exact) mass is 476 g/mol. The molecule has 0 atom stereocenters. The van der Waals surface area contributed by atoms with Gasteiger partial charge in [-0.25, -0.2) is 10.1 Å². The minimum Gasteiger partial charge on any atom is -0.493 e. The summed E-state index contributed by atoms with van der Waals surface area (Å²) in [6, 6.07) is 15.1. The van der Waals surface area contributed by atoms with Crippen LogP contribution in [0.25, 0.3) is 5.82 Å². The Labute approximate surface area is 200 Å². The molecule has 180 valence electrons. The van der Waals surface area contributed by atoms with Crippen LogP contribution in [0.15, 0.2) is 58.3 Å². The van der Waals surface area contributed by atoms with Crippen LogP contribution >= 0.6 is 0 Å². The van der Waals surface area contributed by atoms with Gasteiger partial charge in [0.05, 0.1) is 19.0 Å². The van der Waals surface area contributed by atoms with Crippen LogP contribution in [0.2, 0.25) is 0 Å². The standard InChI is InChI=1S/C23H24N8O4/c1-3-7-17-20(26-30-31(17)22-21(24)28-35-29-22)23(32)27-25-13-16-10-11-18(33-2)19(12-16)34-14-15-8-5-4-6-9-15/h4-6,8-13H,3,7,14H2,1-2H3,(H2,24,28)(H,27,32). The summed E-state index contributed by atoms with van der Waals surface area (Å²) in [4.78, 5) is 12.7. The van der Waals surface area contributed by atoms with Gasteiger partial charge < -0.3 is 15.2 Å². The van der Waals surface area contributed by atoms with Gasteiger partial charge in [0, 0.05) is 0 Å². The van der Waals surface area contributed by atoms with Crippen molar-refractivity contribution < 1.29 is 18.9 Å². The van der Waals surface area contributed by atoms with Gasteiger partial charge in [0.25, 0.3) is 5.91 Å². The van der Waals surface area contributed by atoms with Gasteiger partial charge in [0.15, 0.2) is 17.2 Å². The minimum absolute atomic E-state index is 0.0435. The molecule has 2 heterocycles. The van der Waals surface area contributed by atoms with Crippen molar-refractivity contribution in [3.8, 4) is 17.3 Å². The predicted octanol–water partition coefficient (Wildman–Crippen LogP) is 2.54. The first kappa shape index (κ1) is 23.4. The highest BCUT2D eigenvalue weighted by molar-refractivity contribution is 5.94. The maximum absolute atomic E-state index is 12.7. The van der Waals surface area contributed by atoms with Gasteiger partial charge in [-0.3, -0.25) is 4.79 Å². The van der Waals surface area contributed by atoms with E-state index in [1.807, 2.05) is 37.3 Å². The Morgan fingerprint density at radius 2 is 2.03 bits per heavy atom. The van der Waals surface area contributed by atoms with Crippen LogP contribution < -0.4 is 20.6 Å². The summed E-state index contributed by atoms with van der Waals surface area (Å²) in [6.45, 7) is 2.35. The number of anilines is 1. The van der Waals surface area contributed by atoms with Gasteiger partial charge in [-0.2, -0.15) is 9.78 Å². The molecule has 12 nitrogen and oxygen atoms in total. The fourth-order valence-corrected chi connectivity index (χ4v) is 3.29. The summed E-state index contributed by atoms with van der Waals surface area (Å²) in [5.74, 6) is 0.829. The summed E-state index contributed by atoms with van der Waals surface area (Å²) in [5.41, 5.74) is 10.6. The number of hydrogen-bond acceptors (Lipinski definition) is 10. The van der Waals surface area contributed by atoms with E-state index in [1.54, 1.807) is 25.3 Å². The zero-order valence-electron chi connectivity index (χ0n) is 19.2. The predicted molar refractivity (Wildman–Crippen MR) is 126 cm³/mol. The fraction of sp³-hybridized carbons (Fsp3) is 0.217. The Hall–Kier alpha value is -4.74. The van der Waals surface area contributed by atoms with Crippen molar-refractivity contribution in [3.05, 3.63) is 71.0 Å². The van der Waals surface area contributed by atoms with E-state index in [9.17, 15) is 4.79 Å². The molecule has 0 fully saturated rings. The Morgan fingerprint density at radius 3 is 2.74 bits per heavy atom. The van der Waals surface area contributed by atoms with E-state index in [0.717, 1.165) is 12.0 Å². The molecule has 0 bridgehead atoms. The van der Waals surface area contributed by atoms with Crippen LogP contribution in [0.4, 0.5) is 5.82 Å². The molecule has 0 radical (unpaired) electrons. The zero-order chi connectivity index (χ0) is 24.6. The van der Waals surface area contributed by atoms with Crippen LogP contribution in [0, 0.1) is 0 Å². The first-order chi connectivity index (χ1) is 17.1. The average Bonchev–Trinajstić information content (AvgIpc) is 3.49. The number of ether oxygens (including phenoxy) is 2. The molecular weight excluding hydrogens is 452 g/mol. The first-order valence-corrected chi connectivity index (χ1v) is 10.8. The Morgan fingerprint density at radius 1 is 1.20 bits per heavy atom. The topological polar surface area (TPSA) is 156 Å². The van der Waals surface area contributed by atoms with Crippen molar-refractivity contribution in [2.45, 2.75) is 26.4 Å². The van der Waals surface area contributed by atoms with E-state index >= 15 is 0 Å². The fourth-order valence-electron chi connectivity index (χ4n) is 3.29. The molecule has 0 aliphatic carbocycles. The number of methoxy groups -OCH3 is 1. The SMILES string of the molecule is CCCc1c(C(=O)NN=Cc2ccc(OC)c(OCc3ccccc3)c2)nnn1-c1nonc1N. The zero-order valence-corrected chi connectivity index (χ0v) is 19.2. The summed E-state index contributed by atoms with van der Waals surface area (Å²) in [7, 11) is 1.57. The van der Waals surface area contributed by atoms with Gasteiger partial charge >= 0.3 is 0 Å². The molecule has 0 aliphatic heterocycles. The van der Waals surface area contributed by atoms with Crippen LogP contribution in [-0.4, -0.2) is 44.5 Å². The van der Waals surface area contributed by atoms with Crippen LogP contribution in [0.5, 0.6) is 11.5 Å². The number of amides is 1. The third-order valence-corrected chi connectivity index (χ3v) is 4.97. The third-order valence-electron chi connectivity index (χ3n) is 4.97. The molecule has 4 rings (SSSR count). The highest BCUT2D eigenvalue weighted by Gasteiger charge is 2.23. The molecule has 1 amide bonds. The molecule has 4 aromatic rings. The average molecular weight is 476 g/mol. The van der Waals surface area contributed by atoms with Crippen molar-refractivity contribution >= 4 is 17.9 Å².